The number of rotatable bonds is 3. The van der Waals surface area contributed by atoms with Gasteiger partial charge in [-0.2, -0.15) is 0 Å². The molecule has 0 aliphatic carbocycles. The molecule has 1 aliphatic heterocycles. The van der Waals surface area contributed by atoms with Crippen LogP contribution in [0.4, 0.5) is 5.69 Å². The number of carbonyl (C=O) groups excluding carboxylic acids is 1. The molecule has 1 aromatic rings. The van der Waals surface area contributed by atoms with Gasteiger partial charge in [0.15, 0.2) is 11.5 Å². The number of anilines is 1. The maximum absolute atomic E-state index is 12.4. The Morgan fingerprint density at radius 3 is 2.47 bits per heavy atom. The van der Waals surface area contributed by atoms with E-state index in [4.69, 9.17) is 9.47 Å². The highest BCUT2D eigenvalue weighted by Crippen LogP contribution is 2.38. The van der Waals surface area contributed by atoms with E-state index in [0.29, 0.717) is 5.75 Å². The maximum atomic E-state index is 12.4. The molecule has 1 heterocycles. The second-order valence-electron chi connectivity index (χ2n) is 5.23. The average molecular weight is 264 g/mol. The lowest BCUT2D eigenvalue weighted by atomic mass is 10.0. The van der Waals surface area contributed by atoms with Crippen LogP contribution in [-0.4, -0.2) is 32.3 Å². The standard InChI is InChI=1S/C14H20N2O3/c1-9-6-11-12(19-8-18-11)7-10(9)16(5)13(17)14(2,3)15-4/h6-7,15H,8H2,1-5H3. The second-order valence-corrected chi connectivity index (χ2v) is 5.23. The van der Waals surface area contributed by atoms with Crippen molar-refractivity contribution >= 4 is 11.6 Å². The highest BCUT2D eigenvalue weighted by atomic mass is 16.7. The molecular weight excluding hydrogens is 244 g/mol. The molecule has 0 unspecified atom stereocenters. The van der Waals surface area contributed by atoms with Crippen molar-refractivity contribution in [2.45, 2.75) is 26.3 Å². The molecule has 1 amide bonds. The van der Waals surface area contributed by atoms with E-state index >= 15 is 0 Å². The molecule has 0 spiro atoms. The summed E-state index contributed by atoms with van der Waals surface area (Å²) in [6.07, 6.45) is 0. The first-order chi connectivity index (χ1) is 8.86. The van der Waals surface area contributed by atoms with Crippen molar-refractivity contribution in [3.05, 3.63) is 17.7 Å². The number of hydrogen-bond donors (Lipinski definition) is 1. The van der Waals surface area contributed by atoms with Gasteiger partial charge in [0.25, 0.3) is 0 Å². The number of fused-ring (bicyclic) bond motifs is 1. The summed E-state index contributed by atoms with van der Waals surface area (Å²) >= 11 is 0. The number of amides is 1. The quantitative estimate of drug-likeness (QED) is 0.902. The van der Waals surface area contributed by atoms with E-state index < -0.39 is 5.54 Å². The highest BCUT2D eigenvalue weighted by Gasteiger charge is 2.30. The number of benzene rings is 1. The third-order valence-electron chi connectivity index (χ3n) is 3.52. The molecule has 5 nitrogen and oxygen atoms in total. The van der Waals surface area contributed by atoms with Gasteiger partial charge in [0.1, 0.15) is 0 Å². The molecular formula is C14H20N2O3. The normalized spacial score (nSPS) is 13.5. The van der Waals surface area contributed by atoms with Crippen LogP contribution in [-0.2, 0) is 4.79 Å². The molecule has 1 aromatic carbocycles. The van der Waals surface area contributed by atoms with Crippen LogP contribution in [0, 0.1) is 6.92 Å². The number of aryl methyl sites for hydroxylation is 1. The van der Waals surface area contributed by atoms with Gasteiger partial charge in [-0.15, -0.1) is 0 Å². The minimum absolute atomic E-state index is 0.00281. The summed E-state index contributed by atoms with van der Waals surface area (Å²) in [6, 6.07) is 3.75. The first-order valence-corrected chi connectivity index (χ1v) is 6.24. The Labute approximate surface area is 113 Å². The van der Waals surface area contributed by atoms with Crippen molar-refractivity contribution in [3.8, 4) is 11.5 Å². The highest BCUT2D eigenvalue weighted by molar-refractivity contribution is 6.00. The largest absolute Gasteiger partial charge is 0.454 e. The van der Waals surface area contributed by atoms with E-state index in [1.54, 1.807) is 19.0 Å². The molecule has 0 aromatic heterocycles. The summed E-state index contributed by atoms with van der Waals surface area (Å²) in [6.45, 7) is 5.90. The lowest BCUT2D eigenvalue weighted by Crippen LogP contribution is -2.51. The second kappa shape index (κ2) is 4.74. The van der Waals surface area contributed by atoms with Gasteiger partial charge in [-0.3, -0.25) is 4.79 Å². The Kier molecular flexibility index (Phi) is 3.41. The number of nitrogens with zero attached hydrogens (tertiary/aromatic N) is 1. The third kappa shape index (κ3) is 2.38. The van der Waals surface area contributed by atoms with Gasteiger partial charge in [0.2, 0.25) is 12.7 Å². The average Bonchev–Trinajstić information content (AvgIpc) is 2.83. The van der Waals surface area contributed by atoms with Gasteiger partial charge >= 0.3 is 0 Å². The molecule has 0 atom stereocenters. The summed E-state index contributed by atoms with van der Waals surface area (Å²) < 4.78 is 10.7. The molecule has 0 saturated heterocycles. The summed E-state index contributed by atoms with van der Waals surface area (Å²) in [5.74, 6) is 1.41. The van der Waals surface area contributed by atoms with Crippen molar-refractivity contribution in [1.29, 1.82) is 0 Å². The Morgan fingerprint density at radius 2 is 1.89 bits per heavy atom. The number of likely N-dealkylation sites (N-methyl/N-ethyl adjacent to an activating group) is 2. The summed E-state index contributed by atoms with van der Waals surface area (Å²) in [7, 11) is 3.55. The van der Waals surface area contributed by atoms with Gasteiger partial charge in [-0.25, -0.2) is 0 Å². The molecule has 2 rings (SSSR count). The number of hydrogen-bond acceptors (Lipinski definition) is 4. The first-order valence-electron chi connectivity index (χ1n) is 6.24. The predicted octanol–water partition coefficient (Wildman–Crippen LogP) is 1.68. The molecule has 104 valence electrons. The molecule has 0 bridgehead atoms. The van der Waals surface area contributed by atoms with Crippen LogP contribution >= 0.6 is 0 Å². The Hall–Kier alpha value is -1.75. The maximum Gasteiger partial charge on any atom is 0.246 e. The summed E-state index contributed by atoms with van der Waals surface area (Å²) in [5.41, 5.74) is 1.20. The smallest absolute Gasteiger partial charge is 0.246 e. The van der Waals surface area contributed by atoms with Gasteiger partial charge in [0.05, 0.1) is 11.2 Å². The monoisotopic (exact) mass is 264 g/mol. The van der Waals surface area contributed by atoms with Crippen molar-refractivity contribution in [2.75, 3.05) is 25.8 Å². The Balaban J connectivity index is 2.34. The van der Waals surface area contributed by atoms with Gasteiger partial charge in [-0.1, -0.05) is 0 Å². The fourth-order valence-corrected chi connectivity index (χ4v) is 2.03. The molecule has 0 radical (unpaired) electrons. The van der Waals surface area contributed by atoms with E-state index in [9.17, 15) is 4.79 Å². The van der Waals surface area contributed by atoms with Crippen molar-refractivity contribution in [1.82, 2.24) is 5.32 Å². The fraction of sp³-hybridized carbons (Fsp3) is 0.500. The SMILES string of the molecule is CNC(C)(C)C(=O)N(C)c1cc2c(cc1C)OCO2. The van der Waals surface area contributed by atoms with Crippen LogP contribution in [0.25, 0.3) is 0 Å². The van der Waals surface area contributed by atoms with Crippen molar-refractivity contribution in [2.24, 2.45) is 0 Å². The van der Waals surface area contributed by atoms with Crippen LogP contribution in [0.2, 0.25) is 0 Å². The van der Waals surface area contributed by atoms with Gasteiger partial charge in [-0.05, 0) is 39.4 Å². The minimum atomic E-state index is -0.614. The third-order valence-corrected chi connectivity index (χ3v) is 3.52. The molecule has 5 heteroatoms. The van der Waals surface area contributed by atoms with Crippen LogP contribution in [0.15, 0.2) is 12.1 Å². The van der Waals surface area contributed by atoms with Crippen molar-refractivity contribution < 1.29 is 14.3 Å². The number of ether oxygens (including phenoxy) is 2. The predicted molar refractivity (Wildman–Crippen MR) is 73.9 cm³/mol. The van der Waals surface area contributed by atoms with Gasteiger partial charge in [0, 0.05) is 13.1 Å². The number of carbonyl (C=O) groups is 1. The Bertz CT molecular complexity index is 512. The summed E-state index contributed by atoms with van der Waals surface area (Å²) in [5, 5.41) is 3.02. The zero-order valence-corrected chi connectivity index (χ0v) is 12.0. The molecule has 0 fully saturated rings. The Morgan fingerprint density at radius 1 is 1.32 bits per heavy atom. The number of nitrogens with one attached hydrogen (secondary N) is 1. The van der Waals surface area contributed by atoms with Crippen LogP contribution < -0.4 is 19.7 Å². The van der Waals surface area contributed by atoms with Crippen molar-refractivity contribution in [3.63, 3.8) is 0 Å². The molecule has 1 N–H and O–H groups in total. The van der Waals surface area contributed by atoms with Crippen LogP contribution in [0.5, 0.6) is 11.5 Å². The van der Waals surface area contributed by atoms with E-state index in [2.05, 4.69) is 5.32 Å². The molecule has 0 saturated carbocycles. The topological polar surface area (TPSA) is 50.8 Å². The van der Waals surface area contributed by atoms with Crippen LogP contribution in [0.3, 0.4) is 0 Å². The fourth-order valence-electron chi connectivity index (χ4n) is 2.03. The first kappa shape index (κ1) is 13.7. The van der Waals surface area contributed by atoms with Crippen LogP contribution in [0.1, 0.15) is 19.4 Å². The molecule has 19 heavy (non-hydrogen) atoms. The summed E-state index contributed by atoms with van der Waals surface area (Å²) in [4.78, 5) is 14.1. The zero-order chi connectivity index (χ0) is 14.2. The molecule has 1 aliphatic rings. The zero-order valence-electron chi connectivity index (χ0n) is 12.0. The minimum Gasteiger partial charge on any atom is -0.454 e. The van der Waals surface area contributed by atoms with E-state index in [0.717, 1.165) is 17.0 Å². The van der Waals surface area contributed by atoms with E-state index in [-0.39, 0.29) is 12.7 Å². The van der Waals surface area contributed by atoms with E-state index in [1.165, 1.54) is 0 Å². The van der Waals surface area contributed by atoms with Gasteiger partial charge < -0.3 is 19.7 Å². The lowest BCUT2D eigenvalue weighted by Gasteiger charge is -2.30. The van der Waals surface area contributed by atoms with E-state index in [1.807, 2.05) is 32.9 Å². The lowest BCUT2D eigenvalue weighted by molar-refractivity contribution is -0.123.